The molecule has 5 heteroatoms. The topological polar surface area (TPSA) is 72.3 Å². The summed E-state index contributed by atoms with van der Waals surface area (Å²) in [5, 5.41) is 11.1. The highest BCUT2D eigenvalue weighted by atomic mass is 16.5. The summed E-state index contributed by atoms with van der Waals surface area (Å²) < 4.78 is 5.91. The number of ether oxygens (including phenoxy) is 1. The summed E-state index contributed by atoms with van der Waals surface area (Å²) >= 11 is 0. The van der Waals surface area contributed by atoms with Gasteiger partial charge in [-0.3, -0.25) is 9.78 Å². The molecule has 0 aliphatic carbocycles. The molecule has 160 valence electrons. The maximum atomic E-state index is 12.8. The lowest BCUT2D eigenvalue weighted by molar-refractivity contribution is -0.113. The summed E-state index contributed by atoms with van der Waals surface area (Å²) in [7, 11) is 0. The van der Waals surface area contributed by atoms with Crippen molar-refractivity contribution < 1.29 is 14.6 Å². The highest BCUT2D eigenvalue weighted by molar-refractivity contribution is 6.28. The Hall–Kier alpha value is -3.83. The van der Waals surface area contributed by atoms with Crippen LogP contribution in [0.4, 0.5) is 0 Å². The van der Waals surface area contributed by atoms with Crippen molar-refractivity contribution in [3.8, 4) is 5.75 Å². The average Bonchev–Trinajstić information content (AvgIpc) is 2.86. The minimum absolute atomic E-state index is 0.0279. The van der Waals surface area contributed by atoms with Crippen LogP contribution < -0.4 is 4.74 Å². The van der Waals surface area contributed by atoms with Gasteiger partial charge in [-0.25, -0.2) is 4.98 Å². The van der Waals surface area contributed by atoms with Gasteiger partial charge in [-0.05, 0) is 53.1 Å². The number of rotatable bonds is 8. The largest absolute Gasteiger partial charge is 0.487 e. The van der Waals surface area contributed by atoms with Crippen LogP contribution >= 0.6 is 0 Å². The lowest BCUT2D eigenvalue weighted by atomic mass is 9.91. The number of aromatic nitrogens is 2. The number of benzene rings is 2. The van der Waals surface area contributed by atoms with Crippen molar-refractivity contribution in [1.82, 2.24) is 9.97 Å². The molecule has 0 bridgehead atoms. The molecular formula is C27H24N2O3. The first-order chi connectivity index (χ1) is 15.7. The fraction of sp³-hybridized carbons (Fsp3) is 0.148. The number of allylic oxidation sites excluding steroid dienone is 1. The minimum atomic E-state index is -0.239. The second-order valence-electron chi connectivity index (χ2n) is 7.33. The molecule has 2 aromatic heterocycles. The van der Waals surface area contributed by atoms with E-state index in [-0.39, 0.29) is 12.4 Å². The molecule has 0 saturated heterocycles. The molecule has 0 atom stereocenters. The van der Waals surface area contributed by atoms with Crippen LogP contribution in [0.25, 0.3) is 22.0 Å². The van der Waals surface area contributed by atoms with E-state index < -0.39 is 0 Å². The Morgan fingerprint density at radius 3 is 2.38 bits per heavy atom. The van der Waals surface area contributed by atoms with Crippen LogP contribution in [0.1, 0.15) is 30.2 Å². The van der Waals surface area contributed by atoms with Gasteiger partial charge in [0.25, 0.3) is 0 Å². The summed E-state index contributed by atoms with van der Waals surface area (Å²) in [4.78, 5) is 21.4. The molecule has 0 fully saturated rings. The van der Waals surface area contributed by atoms with Gasteiger partial charge in [-0.2, -0.15) is 0 Å². The van der Waals surface area contributed by atoms with Crippen LogP contribution in [0.3, 0.4) is 0 Å². The SMILES string of the molecule is CCC(=O)/C(=C(\CO)c1ccncc1)c1ccc(OCc2ccc3ccccc3n2)cc1. The fourth-order valence-electron chi connectivity index (χ4n) is 3.61. The van der Waals surface area contributed by atoms with Crippen LogP contribution in [0.15, 0.2) is 85.2 Å². The van der Waals surface area contributed by atoms with E-state index in [0.717, 1.165) is 27.7 Å². The van der Waals surface area contributed by atoms with E-state index in [2.05, 4.69) is 9.97 Å². The molecule has 2 aromatic carbocycles. The zero-order valence-corrected chi connectivity index (χ0v) is 17.9. The quantitative estimate of drug-likeness (QED) is 0.399. The smallest absolute Gasteiger partial charge is 0.163 e. The highest BCUT2D eigenvalue weighted by Crippen LogP contribution is 2.29. The lowest BCUT2D eigenvalue weighted by Crippen LogP contribution is -2.06. The van der Waals surface area contributed by atoms with E-state index >= 15 is 0 Å². The van der Waals surface area contributed by atoms with Gasteiger partial charge in [-0.1, -0.05) is 43.3 Å². The van der Waals surface area contributed by atoms with Crippen LogP contribution in [0.5, 0.6) is 5.75 Å². The summed E-state index contributed by atoms with van der Waals surface area (Å²) in [6, 6.07) is 22.9. The number of carbonyl (C=O) groups is 1. The van der Waals surface area contributed by atoms with E-state index in [0.29, 0.717) is 29.9 Å². The number of Topliss-reactive ketones (excluding diaryl/α,β-unsaturated/α-hetero) is 1. The van der Waals surface area contributed by atoms with Crippen molar-refractivity contribution in [3.63, 3.8) is 0 Å². The number of ketones is 1. The summed E-state index contributed by atoms with van der Waals surface area (Å²) in [6.45, 7) is 1.93. The Kier molecular flexibility index (Phi) is 6.68. The Balaban J connectivity index is 1.57. The molecular weight excluding hydrogens is 400 g/mol. The number of pyridine rings is 2. The molecule has 0 radical (unpaired) electrons. The maximum Gasteiger partial charge on any atom is 0.163 e. The molecule has 0 aliphatic rings. The zero-order valence-electron chi connectivity index (χ0n) is 17.9. The Labute approximate surface area is 187 Å². The number of aliphatic hydroxyl groups is 1. The standard InChI is InChI=1S/C27H24N2O3/c1-2-26(31)27(24(17-30)19-13-15-28-16-14-19)21-8-11-23(12-9-21)32-18-22-10-7-20-5-3-4-6-25(20)29-22/h3-16,30H,2,17-18H2,1H3/b27-24+. The van der Waals surface area contributed by atoms with Crippen molar-refractivity contribution >= 4 is 27.8 Å². The summed E-state index contributed by atoms with van der Waals surface area (Å²) in [6.07, 6.45) is 3.64. The Bertz CT molecular complexity index is 1250. The lowest BCUT2D eigenvalue weighted by Gasteiger charge is -2.14. The van der Waals surface area contributed by atoms with E-state index in [1.165, 1.54) is 0 Å². The zero-order chi connectivity index (χ0) is 22.3. The third-order valence-electron chi connectivity index (χ3n) is 5.27. The predicted octanol–water partition coefficient (Wildman–Crippen LogP) is 5.09. The number of fused-ring (bicyclic) bond motifs is 1. The fourth-order valence-corrected chi connectivity index (χ4v) is 3.61. The maximum absolute atomic E-state index is 12.8. The third kappa shape index (κ3) is 4.74. The highest BCUT2D eigenvalue weighted by Gasteiger charge is 2.17. The predicted molar refractivity (Wildman–Crippen MR) is 126 cm³/mol. The normalized spacial score (nSPS) is 11.8. The first-order valence-corrected chi connectivity index (χ1v) is 10.5. The summed E-state index contributed by atoms with van der Waals surface area (Å²) in [5.74, 6) is 0.654. The number of aliphatic hydroxyl groups excluding tert-OH is 1. The van der Waals surface area contributed by atoms with E-state index in [1.54, 1.807) is 24.5 Å². The number of hydrogen-bond acceptors (Lipinski definition) is 5. The molecule has 0 aliphatic heterocycles. The monoisotopic (exact) mass is 424 g/mol. The van der Waals surface area contributed by atoms with Crippen LogP contribution in [0, 0.1) is 0 Å². The number of carbonyl (C=O) groups excluding carboxylic acids is 1. The van der Waals surface area contributed by atoms with Gasteiger partial charge in [0, 0.05) is 29.8 Å². The minimum Gasteiger partial charge on any atom is -0.487 e. The van der Waals surface area contributed by atoms with E-state index in [1.807, 2.05) is 67.6 Å². The molecule has 0 spiro atoms. The van der Waals surface area contributed by atoms with Crippen LogP contribution in [-0.2, 0) is 11.4 Å². The number of para-hydroxylation sites is 1. The Morgan fingerprint density at radius 2 is 1.66 bits per heavy atom. The molecule has 4 rings (SSSR count). The van der Waals surface area contributed by atoms with E-state index in [9.17, 15) is 9.90 Å². The van der Waals surface area contributed by atoms with E-state index in [4.69, 9.17) is 4.74 Å². The van der Waals surface area contributed by atoms with Gasteiger partial charge in [-0.15, -0.1) is 0 Å². The first kappa shape index (κ1) is 21.4. The van der Waals surface area contributed by atoms with Crippen molar-refractivity contribution in [2.75, 3.05) is 6.61 Å². The number of hydrogen-bond donors (Lipinski definition) is 1. The van der Waals surface area contributed by atoms with Crippen molar-refractivity contribution in [3.05, 3.63) is 102 Å². The van der Waals surface area contributed by atoms with Gasteiger partial charge in [0.15, 0.2) is 5.78 Å². The molecule has 0 saturated carbocycles. The van der Waals surface area contributed by atoms with Gasteiger partial charge < -0.3 is 9.84 Å². The third-order valence-corrected chi connectivity index (χ3v) is 5.27. The molecule has 1 N–H and O–H groups in total. The molecule has 4 aromatic rings. The molecule has 0 amide bonds. The van der Waals surface area contributed by atoms with Crippen LogP contribution in [0.2, 0.25) is 0 Å². The number of nitrogens with zero attached hydrogens (tertiary/aromatic N) is 2. The molecule has 2 heterocycles. The second kappa shape index (κ2) is 9.98. The molecule has 5 nitrogen and oxygen atoms in total. The van der Waals surface area contributed by atoms with Crippen molar-refractivity contribution in [1.29, 1.82) is 0 Å². The van der Waals surface area contributed by atoms with Crippen LogP contribution in [-0.4, -0.2) is 27.5 Å². The van der Waals surface area contributed by atoms with Gasteiger partial charge >= 0.3 is 0 Å². The van der Waals surface area contributed by atoms with Gasteiger partial charge in [0.1, 0.15) is 12.4 Å². The molecule has 32 heavy (non-hydrogen) atoms. The van der Waals surface area contributed by atoms with Crippen molar-refractivity contribution in [2.24, 2.45) is 0 Å². The summed E-state index contributed by atoms with van der Waals surface area (Å²) in [5.41, 5.74) is 4.41. The average molecular weight is 425 g/mol. The first-order valence-electron chi connectivity index (χ1n) is 10.5. The van der Waals surface area contributed by atoms with Crippen molar-refractivity contribution in [2.45, 2.75) is 20.0 Å². The Morgan fingerprint density at radius 1 is 0.906 bits per heavy atom. The van der Waals surface area contributed by atoms with Gasteiger partial charge in [0.2, 0.25) is 0 Å². The van der Waals surface area contributed by atoms with Gasteiger partial charge in [0.05, 0.1) is 17.8 Å². The molecule has 0 unspecified atom stereocenters. The second-order valence-corrected chi connectivity index (χ2v) is 7.33.